The highest BCUT2D eigenvalue weighted by molar-refractivity contribution is 5.66. The largest absolute Gasteiger partial charge is 0.481 e. The molecule has 0 aliphatic heterocycles. The van der Waals surface area contributed by atoms with Gasteiger partial charge in [-0.1, -0.05) is 27.7 Å². The number of aliphatic hydroxyl groups is 3. The highest BCUT2D eigenvalue weighted by Crippen LogP contribution is 2.72. The third-order valence-corrected chi connectivity index (χ3v) is 11.0. The van der Waals surface area contributed by atoms with E-state index in [9.17, 15) is 20.1 Å². The van der Waals surface area contributed by atoms with E-state index in [0.29, 0.717) is 24.7 Å². The molecule has 4 rings (SSSR count). The lowest BCUT2D eigenvalue weighted by molar-refractivity contribution is -0.251. The molecule has 0 aromatic rings. The molecule has 0 bridgehead atoms. The number of carboxylic acid groups (broad SMARTS) is 1. The fourth-order valence-corrected chi connectivity index (χ4v) is 9.30. The first kappa shape index (κ1) is 22.5. The number of aliphatic hydroxyl groups excluding tert-OH is 3. The van der Waals surface area contributed by atoms with Gasteiger partial charge in [0.25, 0.3) is 0 Å². The minimum Gasteiger partial charge on any atom is -0.481 e. The van der Waals surface area contributed by atoms with Crippen LogP contribution in [0, 0.1) is 45.8 Å². The molecule has 0 radical (unpaired) electrons. The van der Waals surface area contributed by atoms with Crippen molar-refractivity contribution in [3.05, 3.63) is 0 Å². The lowest BCUT2D eigenvalue weighted by atomic mass is 9.38. The maximum Gasteiger partial charge on any atom is 0.303 e. The molecule has 5 nitrogen and oxygen atoms in total. The van der Waals surface area contributed by atoms with Crippen molar-refractivity contribution in [1.29, 1.82) is 0 Å². The Morgan fingerprint density at radius 2 is 1.60 bits per heavy atom. The second kappa shape index (κ2) is 7.45. The van der Waals surface area contributed by atoms with E-state index in [1.807, 2.05) is 0 Å². The highest BCUT2D eigenvalue weighted by atomic mass is 16.4. The summed E-state index contributed by atoms with van der Waals surface area (Å²) in [5, 5.41) is 42.5. The van der Waals surface area contributed by atoms with E-state index in [2.05, 4.69) is 27.7 Å². The van der Waals surface area contributed by atoms with Gasteiger partial charge in [-0.05, 0) is 91.8 Å². The van der Waals surface area contributed by atoms with Gasteiger partial charge in [-0.25, -0.2) is 0 Å². The van der Waals surface area contributed by atoms with E-state index in [-0.39, 0.29) is 46.5 Å². The van der Waals surface area contributed by atoms with Gasteiger partial charge >= 0.3 is 5.97 Å². The summed E-state index contributed by atoms with van der Waals surface area (Å²) in [6.45, 7) is 9.02. The van der Waals surface area contributed by atoms with Crippen molar-refractivity contribution in [2.24, 2.45) is 45.8 Å². The molecule has 11 atom stereocenters. The summed E-state index contributed by atoms with van der Waals surface area (Å²) < 4.78 is 0. The molecule has 0 unspecified atom stereocenters. The Labute approximate surface area is 181 Å². The maximum atomic E-state index is 11.6. The van der Waals surface area contributed by atoms with Crippen LogP contribution in [0.15, 0.2) is 0 Å². The number of fused-ring (bicyclic) bond motifs is 5. The predicted molar refractivity (Wildman–Crippen MR) is 115 cm³/mol. The second-order valence-corrected chi connectivity index (χ2v) is 12.1. The summed E-state index contributed by atoms with van der Waals surface area (Å²) in [4.78, 5) is 11.1. The summed E-state index contributed by atoms with van der Waals surface area (Å²) >= 11 is 0. The van der Waals surface area contributed by atoms with Crippen molar-refractivity contribution in [2.75, 3.05) is 0 Å². The van der Waals surface area contributed by atoms with Crippen molar-refractivity contribution in [1.82, 2.24) is 0 Å². The molecule has 4 fully saturated rings. The number of rotatable bonds is 4. The number of hydrogen-bond donors (Lipinski definition) is 4. The van der Waals surface area contributed by atoms with Crippen LogP contribution in [-0.4, -0.2) is 44.7 Å². The van der Waals surface area contributed by atoms with E-state index in [1.165, 1.54) is 0 Å². The van der Waals surface area contributed by atoms with Crippen LogP contribution in [0.3, 0.4) is 0 Å². The number of carboxylic acids is 1. The Morgan fingerprint density at radius 1 is 0.933 bits per heavy atom. The molecule has 4 N–H and O–H groups in total. The molecule has 30 heavy (non-hydrogen) atoms. The molecule has 172 valence electrons. The van der Waals surface area contributed by atoms with Crippen LogP contribution in [0.25, 0.3) is 0 Å². The summed E-state index contributed by atoms with van der Waals surface area (Å²) in [7, 11) is 0. The van der Waals surface area contributed by atoms with Gasteiger partial charge < -0.3 is 20.4 Å². The van der Waals surface area contributed by atoms with Gasteiger partial charge in [-0.3, -0.25) is 4.79 Å². The zero-order valence-corrected chi connectivity index (χ0v) is 19.2. The molecule has 0 aromatic heterocycles. The Bertz CT molecular complexity index is 680. The SMILES string of the molecule is C[C@H](CCC(=O)O)[C@H]1CC[C@@H]2[C@]1(C)[C@@H](O)C[C@@H]1[C@@]3(C)CC[C@@H](O)C[C@H]3C[C@@H](O)[C@@]21C. The van der Waals surface area contributed by atoms with Crippen LogP contribution >= 0.6 is 0 Å². The Morgan fingerprint density at radius 3 is 2.27 bits per heavy atom. The van der Waals surface area contributed by atoms with Crippen molar-refractivity contribution in [2.45, 2.75) is 104 Å². The predicted octanol–water partition coefficient (Wildman–Crippen LogP) is 3.84. The van der Waals surface area contributed by atoms with Crippen molar-refractivity contribution in [3.8, 4) is 0 Å². The quantitative estimate of drug-likeness (QED) is 0.552. The standard InChI is InChI=1S/C25H42O5/c1-14(5-8-22(29)30)17-6-7-18-24(17,3)21(28)13-19-23(2)10-9-16(26)11-15(23)12-20(27)25(18,19)4/h14-21,26-28H,5-13H2,1-4H3,(H,29,30)/t14-,15+,16-,17-,18-,19-,20-,21+,23+,24-,25+/m1/s1. The molecular weight excluding hydrogens is 380 g/mol. The normalized spacial score (nSPS) is 54.0. The van der Waals surface area contributed by atoms with Gasteiger partial charge in [0, 0.05) is 11.8 Å². The zero-order valence-electron chi connectivity index (χ0n) is 19.2. The van der Waals surface area contributed by atoms with Crippen LogP contribution in [0.4, 0.5) is 0 Å². The molecule has 0 spiro atoms. The third-order valence-electron chi connectivity index (χ3n) is 11.0. The van der Waals surface area contributed by atoms with E-state index in [1.54, 1.807) is 0 Å². The third kappa shape index (κ3) is 3.02. The lowest BCUT2D eigenvalue weighted by Crippen LogP contribution is -2.67. The fourth-order valence-electron chi connectivity index (χ4n) is 9.30. The van der Waals surface area contributed by atoms with Gasteiger partial charge in [0.2, 0.25) is 0 Å². The molecule has 0 amide bonds. The molecule has 4 saturated carbocycles. The van der Waals surface area contributed by atoms with Gasteiger partial charge in [-0.15, -0.1) is 0 Å². The number of hydrogen-bond acceptors (Lipinski definition) is 4. The first-order valence-corrected chi connectivity index (χ1v) is 12.2. The van der Waals surface area contributed by atoms with Crippen LogP contribution in [0.5, 0.6) is 0 Å². The molecular formula is C25H42O5. The zero-order chi connectivity index (χ0) is 22.1. The Kier molecular flexibility index (Phi) is 5.60. The topological polar surface area (TPSA) is 98.0 Å². The summed E-state index contributed by atoms with van der Waals surface area (Å²) in [6.07, 6.45) is 5.78. The Hall–Kier alpha value is -0.650. The van der Waals surface area contributed by atoms with Crippen molar-refractivity contribution >= 4 is 5.97 Å². The highest BCUT2D eigenvalue weighted by Gasteiger charge is 2.70. The van der Waals surface area contributed by atoms with Gasteiger partial charge in [0.1, 0.15) is 0 Å². The minimum absolute atomic E-state index is 0.0581. The summed E-state index contributed by atoms with van der Waals surface area (Å²) in [6, 6.07) is 0. The van der Waals surface area contributed by atoms with E-state index >= 15 is 0 Å². The number of aliphatic carboxylic acids is 1. The lowest BCUT2D eigenvalue weighted by Gasteiger charge is -2.68. The van der Waals surface area contributed by atoms with Crippen LogP contribution in [-0.2, 0) is 4.79 Å². The minimum atomic E-state index is -0.751. The Balaban J connectivity index is 1.67. The van der Waals surface area contributed by atoms with Crippen molar-refractivity contribution < 1.29 is 25.2 Å². The average Bonchev–Trinajstić information content (AvgIpc) is 3.04. The summed E-state index contributed by atoms with van der Waals surface area (Å²) in [5.74, 6) is 0.611. The van der Waals surface area contributed by atoms with Gasteiger partial charge in [0.05, 0.1) is 18.3 Å². The molecule has 0 aromatic carbocycles. The monoisotopic (exact) mass is 422 g/mol. The molecule has 4 aliphatic rings. The summed E-state index contributed by atoms with van der Waals surface area (Å²) in [5.41, 5.74) is -0.452. The molecule has 5 heteroatoms. The van der Waals surface area contributed by atoms with Gasteiger partial charge in [0.15, 0.2) is 0 Å². The van der Waals surface area contributed by atoms with E-state index in [4.69, 9.17) is 5.11 Å². The molecule has 4 aliphatic carbocycles. The van der Waals surface area contributed by atoms with E-state index < -0.39 is 18.2 Å². The van der Waals surface area contributed by atoms with Crippen LogP contribution in [0.1, 0.15) is 85.5 Å². The first-order valence-electron chi connectivity index (χ1n) is 12.2. The average molecular weight is 423 g/mol. The number of carbonyl (C=O) groups is 1. The van der Waals surface area contributed by atoms with Gasteiger partial charge in [-0.2, -0.15) is 0 Å². The smallest absolute Gasteiger partial charge is 0.303 e. The van der Waals surface area contributed by atoms with Crippen molar-refractivity contribution in [3.63, 3.8) is 0 Å². The maximum absolute atomic E-state index is 11.6. The van der Waals surface area contributed by atoms with E-state index in [0.717, 1.165) is 38.5 Å². The van der Waals surface area contributed by atoms with Crippen LogP contribution in [0.2, 0.25) is 0 Å². The first-order chi connectivity index (χ1) is 14.0. The molecule has 0 saturated heterocycles. The second-order valence-electron chi connectivity index (χ2n) is 12.1. The molecule has 0 heterocycles. The fraction of sp³-hybridized carbons (Fsp3) is 0.960. The van der Waals surface area contributed by atoms with Crippen LogP contribution < -0.4 is 0 Å².